The van der Waals surface area contributed by atoms with E-state index in [0.29, 0.717) is 16.7 Å². The Kier molecular flexibility index (Phi) is 3.88. The zero-order valence-electron chi connectivity index (χ0n) is 9.78. The van der Waals surface area contributed by atoms with Crippen molar-refractivity contribution in [3.8, 4) is 17.2 Å². The van der Waals surface area contributed by atoms with E-state index in [9.17, 15) is 13.2 Å². The van der Waals surface area contributed by atoms with Crippen LogP contribution >= 0.6 is 23.1 Å². The summed E-state index contributed by atoms with van der Waals surface area (Å²) in [6.07, 6.45) is -2.47. The Labute approximate surface area is 116 Å². The molecule has 19 heavy (non-hydrogen) atoms. The molecule has 98 valence electrons. The number of halogens is 3. The first-order valence-electron chi connectivity index (χ1n) is 5.20. The summed E-state index contributed by atoms with van der Waals surface area (Å²) in [5, 5.41) is 10.9. The number of thioether (sulfide) groups is 1. The molecule has 0 aliphatic heterocycles. The van der Waals surface area contributed by atoms with Gasteiger partial charge in [-0.05, 0) is 24.0 Å². The molecule has 0 saturated heterocycles. The predicted molar refractivity (Wildman–Crippen MR) is 71.3 cm³/mol. The predicted octanol–water partition coefficient (Wildman–Crippen LogP) is 5.03. The summed E-state index contributed by atoms with van der Waals surface area (Å²) in [6.45, 7) is 0. The summed E-state index contributed by atoms with van der Waals surface area (Å²) in [6, 6.07) is 6.97. The Morgan fingerprint density at radius 1 is 1.21 bits per heavy atom. The normalized spacial score (nSPS) is 11.3. The van der Waals surface area contributed by atoms with Gasteiger partial charge in [0, 0.05) is 10.9 Å². The van der Waals surface area contributed by atoms with Gasteiger partial charge in [0.15, 0.2) is 0 Å². The van der Waals surface area contributed by atoms with E-state index in [2.05, 4.69) is 6.07 Å². The third-order valence-electron chi connectivity index (χ3n) is 2.58. The van der Waals surface area contributed by atoms with Gasteiger partial charge in [0.1, 0.15) is 6.07 Å². The van der Waals surface area contributed by atoms with Crippen LogP contribution < -0.4 is 0 Å². The number of thiophene rings is 1. The third-order valence-corrected chi connectivity index (χ3v) is 4.71. The Bertz CT molecular complexity index is 621. The number of rotatable bonds is 2. The Morgan fingerprint density at radius 3 is 2.32 bits per heavy atom. The van der Waals surface area contributed by atoms with Crippen molar-refractivity contribution in [2.75, 3.05) is 6.26 Å². The fourth-order valence-corrected chi connectivity index (χ4v) is 3.29. The average molecular weight is 299 g/mol. The number of alkyl halides is 3. The zero-order chi connectivity index (χ0) is 14.0. The summed E-state index contributed by atoms with van der Waals surface area (Å²) in [7, 11) is 0. The lowest BCUT2D eigenvalue weighted by molar-refractivity contribution is -0.137. The van der Waals surface area contributed by atoms with Crippen molar-refractivity contribution in [2.24, 2.45) is 0 Å². The van der Waals surface area contributed by atoms with Gasteiger partial charge in [0.2, 0.25) is 0 Å². The monoisotopic (exact) mass is 299 g/mol. The molecule has 0 aliphatic carbocycles. The first kappa shape index (κ1) is 14.0. The van der Waals surface area contributed by atoms with Crippen LogP contribution in [0.25, 0.3) is 11.1 Å². The van der Waals surface area contributed by atoms with E-state index in [1.807, 2.05) is 6.26 Å². The number of nitriles is 1. The molecule has 1 heterocycles. The minimum atomic E-state index is -4.34. The van der Waals surface area contributed by atoms with Crippen LogP contribution in [0, 0.1) is 11.3 Å². The lowest BCUT2D eigenvalue weighted by atomic mass is 10.0. The molecular formula is C13H8F3NS2. The van der Waals surface area contributed by atoms with Gasteiger partial charge in [-0.1, -0.05) is 12.1 Å². The molecule has 0 N–H and O–H groups in total. The highest BCUT2D eigenvalue weighted by atomic mass is 32.2. The van der Waals surface area contributed by atoms with Crippen molar-refractivity contribution in [1.82, 2.24) is 0 Å². The van der Waals surface area contributed by atoms with Crippen LogP contribution in [0.3, 0.4) is 0 Å². The van der Waals surface area contributed by atoms with E-state index in [1.165, 1.54) is 35.2 Å². The second-order valence-electron chi connectivity index (χ2n) is 3.70. The molecule has 2 rings (SSSR count). The first-order chi connectivity index (χ1) is 8.97. The highest BCUT2D eigenvalue weighted by molar-refractivity contribution is 8.00. The molecule has 1 aromatic heterocycles. The van der Waals surface area contributed by atoms with Crippen LogP contribution in [0.15, 0.2) is 33.9 Å². The lowest BCUT2D eigenvalue weighted by Gasteiger charge is -2.07. The van der Waals surface area contributed by atoms with Crippen molar-refractivity contribution in [3.63, 3.8) is 0 Å². The maximum absolute atomic E-state index is 12.5. The van der Waals surface area contributed by atoms with Crippen LogP contribution in [0.1, 0.15) is 11.1 Å². The summed E-state index contributed by atoms with van der Waals surface area (Å²) in [5.74, 6) is 0. The van der Waals surface area contributed by atoms with Crippen molar-refractivity contribution < 1.29 is 13.2 Å². The minimum absolute atomic E-state index is 0.525. The maximum Gasteiger partial charge on any atom is 0.416 e. The standard InChI is InChI=1S/C13H8F3NS2/c1-18-12-10(6-17)11(7-19-12)8-2-4-9(5-3-8)13(14,15)16/h2-5,7H,1H3. The number of benzene rings is 1. The van der Waals surface area contributed by atoms with Gasteiger partial charge in [-0.25, -0.2) is 0 Å². The molecule has 2 aromatic rings. The smallest absolute Gasteiger partial charge is 0.192 e. The molecule has 0 unspecified atom stereocenters. The quantitative estimate of drug-likeness (QED) is 0.726. The van der Waals surface area contributed by atoms with Gasteiger partial charge in [0.05, 0.1) is 15.3 Å². The molecule has 0 amide bonds. The van der Waals surface area contributed by atoms with E-state index in [4.69, 9.17) is 5.26 Å². The van der Waals surface area contributed by atoms with E-state index < -0.39 is 11.7 Å². The second kappa shape index (κ2) is 5.27. The molecule has 0 aliphatic rings. The molecular weight excluding hydrogens is 291 g/mol. The summed E-state index contributed by atoms with van der Waals surface area (Å²) >= 11 is 2.88. The second-order valence-corrected chi connectivity index (χ2v) is 5.66. The van der Waals surface area contributed by atoms with Crippen LogP contribution in [0.5, 0.6) is 0 Å². The van der Waals surface area contributed by atoms with Crippen molar-refractivity contribution >= 4 is 23.1 Å². The van der Waals surface area contributed by atoms with Crippen LogP contribution in [0.2, 0.25) is 0 Å². The molecule has 0 bridgehead atoms. The van der Waals surface area contributed by atoms with E-state index in [1.54, 1.807) is 5.38 Å². The van der Waals surface area contributed by atoms with Gasteiger partial charge < -0.3 is 0 Å². The number of hydrogen-bond acceptors (Lipinski definition) is 3. The SMILES string of the molecule is CSc1scc(-c2ccc(C(F)(F)F)cc2)c1C#N. The molecule has 0 atom stereocenters. The molecule has 0 saturated carbocycles. The summed E-state index contributed by atoms with van der Waals surface area (Å²) in [5.41, 5.74) is 1.15. The van der Waals surface area contributed by atoms with Gasteiger partial charge in [-0.15, -0.1) is 23.1 Å². The van der Waals surface area contributed by atoms with Crippen LogP contribution in [0.4, 0.5) is 13.2 Å². The molecule has 1 aromatic carbocycles. The molecule has 6 heteroatoms. The Morgan fingerprint density at radius 2 is 1.84 bits per heavy atom. The van der Waals surface area contributed by atoms with Crippen molar-refractivity contribution in [2.45, 2.75) is 10.4 Å². The fourth-order valence-electron chi connectivity index (χ4n) is 1.65. The summed E-state index contributed by atoms with van der Waals surface area (Å²) in [4.78, 5) is 0. The Balaban J connectivity index is 2.44. The lowest BCUT2D eigenvalue weighted by Crippen LogP contribution is -2.03. The molecule has 0 radical (unpaired) electrons. The van der Waals surface area contributed by atoms with Crippen LogP contribution in [-0.2, 0) is 6.18 Å². The number of hydrogen-bond donors (Lipinski definition) is 0. The first-order valence-corrected chi connectivity index (χ1v) is 7.31. The maximum atomic E-state index is 12.5. The van der Waals surface area contributed by atoms with E-state index in [-0.39, 0.29) is 0 Å². The van der Waals surface area contributed by atoms with Crippen LogP contribution in [-0.4, -0.2) is 6.26 Å². The highest BCUT2D eigenvalue weighted by Crippen LogP contribution is 2.37. The van der Waals surface area contributed by atoms with Gasteiger partial charge in [-0.2, -0.15) is 18.4 Å². The topological polar surface area (TPSA) is 23.8 Å². The molecule has 0 fully saturated rings. The highest BCUT2D eigenvalue weighted by Gasteiger charge is 2.30. The Hall–Kier alpha value is -1.45. The summed E-state index contributed by atoms with van der Waals surface area (Å²) < 4.78 is 38.3. The van der Waals surface area contributed by atoms with Gasteiger partial charge in [-0.3, -0.25) is 0 Å². The fraction of sp³-hybridized carbons (Fsp3) is 0.154. The van der Waals surface area contributed by atoms with Crippen molar-refractivity contribution in [3.05, 3.63) is 40.8 Å². The third kappa shape index (κ3) is 2.77. The minimum Gasteiger partial charge on any atom is -0.192 e. The molecule has 0 spiro atoms. The largest absolute Gasteiger partial charge is 0.416 e. The number of nitrogens with zero attached hydrogens (tertiary/aromatic N) is 1. The molecule has 1 nitrogen and oxygen atoms in total. The van der Waals surface area contributed by atoms with E-state index in [0.717, 1.165) is 16.3 Å². The van der Waals surface area contributed by atoms with Gasteiger partial charge >= 0.3 is 6.18 Å². The average Bonchev–Trinajstić information content (AvgIpc) is 2.80. The van der Waals surface area contributed by atoms with E-state index >= 15 is 0 Å². The van der Waals surface area contributed by atoms with Gasteiger partial charge in [0.25, 0.3) is 0 Å². The zero-order valence-corrected chi connectivity index (χ0v) is 11.4. The van der Waals surface area contributed by atoms with Crippen molar-refractivity contribution in [1.29, 1.82) is 5.26 Å².